The van der Waals surface area contributed by atoms with Crippen molar-refractivity contribution < 1.29 is 4.74 Å². The zero-order valence-corrected chi connectivity index (χ0v) is 20.5. The molecule has 0 spiro atoms. The quantitative estimate of drug-likeness (QED) is 0.483. The molecule has 2 fully saturated rings. The van der Waals surface area contributed by atoms with Crippen LogP contribution in [0.4, 0.5) is 0 Å². The molecule has 2 aromatic carbocycles. The fraction of sp³-hybridized carbons (Fsp3) is 0.655. The lowest BCUT2D eigenvalue weighted by Gasteiger charge is -2.40. The molecule has 1 heterocycles. The Kier molecular flexibility index (Phi) is 6.96. The van der Waals surface area contributed by atoms with E-state index in [0.29, 0.717) is 17.6 Å². The second kappa shape index (κ2) is 9.53. The van der Waals surface area contributed by atoms with E-state index >= 15 is 0 Å². The molecule has 1 aliphatic heterocycles. The average molecular weight is 422 g/mol. The van der Waals surface area contributed by atoms with Gasteiger partial charge < -0.3 is 4.74 Å². The zero-order chi connectivity index (χ0) is 22.0. The number of ether oxygens (including phenoxy) is 1. The molecular formula is C29H43NO. The predicted molar refractivity (Wildman–Crippen MR) is 133 cm³/mol. The third kappa shape index (κ3) is 5.28. The van der Waals surface area contributed by atoms with E-state index in [1.54, 1.807) is 0 Å². The van der Waals surface area contributed by atoms with Crippen LogP contribution in [0.25, 0.3) is 10.8 Å². The van der Waals surface area contributed by atoms with Crippen LogP contribution in [0.1, 0.15) is 97.6 Å². The van der Waals surface area contributed by atoms with Gasteiger partial charge in [0.05, 0.1) is 6.10 Å². The summed E-state index contributed by atoms with van der Waals surface area (Å²) in [4.78, 5) is 2.73. The van der Waals surface area contributed by atoms with Crippen molar-refractivity contribution in [1.82, 2.24) is 4.90 Å². The van der Waals surface area contributed by atoms with Crippen LogP contribution in [0.2, 0.25) is 0 Å². The summed E-state index contributed by atoms with van der Waals surface area (Å²) < 4.78 is 6.42. The number of hydrogen-bond acceptors (Lipinski definition) is 2. The molecule has 2 aliphatic rings. The van der Waals surface area contributed by atoms with Crippen LogP contribution in [0.15, 0.2) is 36.4 Å². The fourth-order valence-corrected chi connectivity index (χ4v) is 5.98. The maximum atomic E-state index is 6.42. The lowest BCUT2D eigenvalue weighted by atomic mass is 9.72. The van der Waals surface area contributed by atoms with E-state index in [1.807, 2.05) is 0 Å². The van der Waals surface area contributed by atoms with Gasteiger partial charge in [-0.25, -0.2) is 0 Å². The predicted octanol–water partition coefficient (Wildman–Crippen LogP) is 8.15. The van der Waals surface area contributed by atoms with Crippen molar-refractivity contribution in [3.05, 3.63) is 42.0 Å². The van der Waals surface area contributed by atoms with Crippen LogP contribution in [-0.4, -0.2) is 23.6 Å². The lowest BCUT2D eigenvalue weighted by molar-refractivity contribution is 0.0883. The van der Waals surface area contributed by atoms with Crippen molar-refractivity contribution in [2.45, 2.75) is 104 Å². The molecular weight excluding hydrogens is 378 g/mol. The molecule has 1 saturated carbocycles. The van der Waals surface area contributed by atoms with Gasteiger partial charge in [0.25, 0.3) is 0 Å². The largest absolute Gasteiger partial charge is 0.490 e. The Morgan fingerprint density at radius 2 is 1.65 bits per heavy atom. The Balaban J connectivity index is 1.42. The summed E-state index contributed by atoms with van der Waals surface area (Å²) in [6, 6.07) is 15.0. The first kappa shape index (κ1) is 22.6. The highest BCUT2D eigenvalue weighted by molar-refractivity contribution is 5.84. The molecule has 2 atom stereocenters. The van der Waals surface area contributed by atoms with Crippen LogP contribution < -0.4 is 4.74 Å². The van der Waals surface area contributed by atoms with E-state index in [0.717, 1.165) is 17.7 Å². The van der Waals surface area contributed by atoms with Crippen LogP contribution in [0.5, 0.6) is 5.75 Å². The highest BCUT2D eigenvalue weighted by atomic mass is 16.5. The zero-order valence-electron chi connectivity index (χ0n) is 20.5. The topological polar surface area (TPSA) is 12.5 Å². The number of piperidine rings is 1. The SMILES string of the molecule is CCC1CCCCN1C(C)c1ccc2cc(OC3CCC(C(C)(C)C)CC3)ccc2c1. The first-order valence-electron chi connectivity index (χ1n) is 12.8. The number of hydrogen-bond donors (Lipinski definition) is 0. The van der Waals surface area contributed by atoms with Crippen molar-refractivity contribution in [3.63, 3.8) is 0 Å². The number of fused-ring (bicyclic) bond motifs is 1. The van der Waals surface area contributed by atoms with Gasteiger partial charge in [-0.2, -0.15) is 0 Å². The lowest BCUT2D eigenvalue weighted by Crippen LogP contribution is -2.40. The standard InChI is InChI=1S/C29H43NO/c1-6-26-9-7-8-18-30(26)21(2)22-10-11-24-20-28(15-12-23(24)19-22)31-27-16-13-25(14-17-27)29(3,4)5/h10-12,15,19-21,25-27H,6-9,13-14,16-18H2,1-5H3. The van der Waals surface area contributed by atoms with Crippen molar-refractivity contribution >= 4 is 10.8 Å². The number of rotatable bonds is 5. The third-order valence-corrected chi connectivity index (χ3v) is 8.16. The Hall–Kier alpha value is -1.54. The van der Waals surface area contributed by atoms with Crippen LogP contribution >= 0.6 is 0 Å². The first-order chi connectivity index (χ1) is 14.8. The molecule has 2 nitrogen and oxygen atoms in total. The third-order valence-electron chi connectivity index (χ3n) is 8.16. The molecule has 0 radical (unpaired) electrons. The van der Waals surface area contributed by atoms with Crippen LogP contribution in [0.3, 0.4) is 0 Å². The Morgan fingerprint density at radius 1 is 0.935 bits per heavy atom. The Labute approximate surface area is 190 Å². The van der Waals surface area contributed by atoms with E-state index in [1.165, 1.54) is 74.2 Å². The normalized spacial score (nSPS) is 26.7. The Morgan fingerprint density at radius 3 is 2.35 bits per heavy atom. The number of benzene rings is 2. The summed E-state index contributed by atoms with van der Waals surface area (Å²) in [7, 11) is 0. The number of likely N-dealkylation sites (tertiary alicyclic amines) is 1. The van der Waals surface area contributed by atoms with Gasteiger partial charge in [0, 0.05) is 12.1 Å². The molecule has 0 bridgehead atoms. The maximum absolute atomic E-state index is 6.42. The molecule has 4 rings (SSSR count). The van der Waals surface area contributed by atoms with E-state index in [4.69, 9.17) is 4.74 Å². The smallest absolute Gasteiger partial charge is 0.120 e. The number of nitrogens with zero attached hydrogens (tertiary/aromatic N) is 1. The maximum Gasteiger partial charge on any atom is 0.120 e. The summed E-state index contributed by atoms with van der Waals surface area (Å²) in [5, 5.41) is 2.63. The summed E-state index contributed by atoms with van der Waals surface area (Å²) in [6.45, 7) is 13.1. The van der Waals surface area contributed by atoms with Gasteiger partial charge in [0.2, 0.25) is 0 Å². The fourth-order valence-electron chi connectivity index (χ4n) is 5.98. The molecule has 0 aromatic heterocycles. The van der Waals surface area contributed by atoms with Gasteiger partial charge in [0.1, 0.15) is 5.75 Å². The highest BCUT2D eigenvalue weighted by Crippen LogP contribution is 2.39. The van der Waals surface area contributed by atoms with Crippen LogP contribution in [-0.2, 0) is 0 Å². The molecule has 2 heteroatoms. The minimum atomic E-state index is 0.375. The van der Waals surface area contributed by atoms with Gasteiger partial charge in [-0.15, -0.1) is 0 Å². The van der Waals surface area contributed by atoms with Crippen molar-refractivity contribution in [2.75, 3.05) is 6.54 Å². The average Bonchev–Trinajstić information content (AvgIpc) is 2.78. The molecule has 1 saturated heterocycles. The monoisotopic (exact) mass is 421 g/mol. The summed E-state index contributed by atoms with van der Waals surface area (Å²) in [6.07, 6.45) is 10.7. The van der Waals surface area contributed by atoms with Crippen LogP contribution in [0, 0.1) is 11.3 Å². The summed E-state index contributed by atoms with van der Waals surface area (Å²) in [5.41, 5.74) is 1.87. The summed E-state index contributed by atoms with van der Waals surface area (Å²) in [5.74, 6) is 1.87. The minimum absolute atomic E-state index is 0.375. The van der Waals surface area contributed by atoms with Crippen molar-refractivity contribution in [3.8, 4) is 5.75 Å². The molecule has 0 amide bonds. The van der Waals surface area contributed by atoms with Crippen molar-refractivity contribution in [1.29, 1.82) is 0 Å². The molecule has 0 N–H and O–H groups in total. The molecule has 2 unspecified atom stereocenters. The second-order valence-electron chi connectivity index (χ2n) is 11.2. The second-order valence-corrected chi connectivity index (χ2v) is 11.2. The van der Waals surface area contributed by atoms with Gasteiger partial charge in [-0.05, 0) is 104 Å². The molecule has 1 aliphatic carbocycles. The van der Waals surface area contributed by atoms with Gasteiger partial charge in [0.15, 0.2) is 0 Å². The Bertz CT molecular complexity index is 859. The van der Waals surface area contributed by atoms with Gasteiger partial charge >= 0.3 is 0 Å². The van der Waals surface area contributed by atoms with E-state index in [9.17, 15) is 0 Å². The first-order valence-corrected chi connectivity index (χ1v) is 12.8. The molecule has 2 aromatic rings. The van der Waals surface area contributed by atoms with E-state index < -0.39 is 0 Å². The summed E-state index contributed by atoms with van der Waals surface area (Å²) >= 11 is 0. The van der Waals surface area contributed by atoms with Gasteiger partial charge in [-0.1, -0.05) is 52.3 Å². The molecule has 170 valence electrons. The molecule has 31 heavy (non-hydrogen) atoms. The van der Waals surface area contributed by atoms with E-state index in [2.05, 4.69) is 75.9 Å². The highest BCUT2D eigenvalue weighted by Gasteiger charge is 2.30. The van der Waals surface area contributed by atoms with Gasteiger partial charge in [-0.3, -0.25) is 4.90 Å². The minimum Gasteiger partial charge on any atom is -0.490 e. The van der Waals surface area contributed by atoms with Crippen molar-refractivity contribution in [2.24, 2.45) is 11.3 Å². The van der Waals surface area contributed by atoms with E-state index in [-0.39, 0.29) is 0 Å².